The quantitative estimate of drug-likeness (QED) is 0.498. The van der Waals surface area contributed by atoms with Crippen LogP contribution in [0, 0.1) is 5.92 Å². The Bertz CT molecular complexity index is 999. The molecule has 1 amide bonds. The van der Waals surface area contributed by atoms with E-state index in [2.05, 4.69) is 24.0 Å². The van der Waals surface area contributed by atoms with Crippen molar-refractivity contribution >= 4 is 23.4 Å². The standard InChI is InChI=1S/C23H25N3O3S/c1-15(2)14-28-19-8-4-16(5-9-19)22-24-23(29-25-22)17-12-21(27)26(13-17)18-6-10-20(30-3)11-7-18/h4-11,15,17H,12-14H2,1-3H3. The molecule has 156 valence electrons. The molecule has 30 heavy (non-hydrogen) atoms. The fourth-order valence-corrected chi connectivity index (χ4v) is 3.77. The van der Waals surface area contributed by atoms with E-state index < -0.39 is 0 Å². The van der Waals surface area contributed by atoms with E-state index in [4.69, 9.17) is 9.26 Å². The molecule has 6 nitrogen and oxygen atoms in total. The Kier molecular flexibility index (Phi) is 6.08. The molecule has 0 radical (unpaired) electrons. The van der Waals surface area contributed by atoms with Crippen LogP contribution in [0.2, 0.25) is 0 Å². The molecule has 0 N–H and O–H groups in total. The third kappa shape index (κ3) is 4.51. The molecule has 1 atom stereocenters. The fraction of sp³-hybridized carbons (Fsp3) is 0.348. The highest BCUT2D eigenvalue weighted by Gasteiger charge is 2.35. The minimum atomic E-state index is -0.104. The molecule has 1 saturated heterocycles. The molecule has 1 aliphatic heterocycles. The lowest BCUT2D eigenvalue weighted by Crippen LogP contribution is -2.24. The molecule has 3 aromatic rings. The molecule has 1 aliphatic rings. The third-order valence-electron chi connectivity index (χ3n) is 5.00. The van der Waals surface area contributed by atoms with Crippen LogP contribution < -0.4 is 9.64 Å². The van der Waals surface area contributed by atoms with Crippen molar-refractivity contribution in [3.63, 3.8) is 0 Å². The zero-order valence-electron chi connectivity index (χ0n) is 17.4. The smallest absolute Gasteiger partial charge is 0.232 e. The van der Waals surface area contributed by atoms with Gasteiger partial charge in [-0.1, -0.05) is 19.0 Å². The van der Waals surface area contributed by atoms with Gasteiger partial charge in [0, 0.05) is 29.1 Å². The summed E-state index contributed by atoms with van der Waals surface area (Å²) < 4.78 is 11.2. The number of hydrogen-bond donors (Lipinski definition) is 0. The number of benzene rings is 2. The van der Waals surface area contributed by atoms with Crippen LogP contribution in [0.15, 0.2) is 57.9 Å². The van der Waals surface area contributed by atoms with E-state index in [0.29, 0.717) is 37.2 Å². The number of hydrogen-bond acceptors (Lipinski definition) is 6. The molecule has 0 saturated carbocycles. The summed E-state index contributed by atoms with van der Waals surface area (Å²) in [6.45, 7) is 5.45. The first-order chi connectivity index (χ1) is 14.5. The molecule has 1 aromatic heterocycles. The lowest BCUT2D eigenvalue weighted by atomic mass is 10.1. The van der Waals surface area contributed by atoms with Crippen molar-refractivity contribution in [3.05, 3.63) is 54.4 Å². The molecule has 2 heterocycles. The summed E-state index contributed by atoms with van der Waals surface area (Å²) >= 11 is 1.68. The van der Waals surface area contributed by atoms with E-state index in [9.17, 15) is 4.79 Å². The highest BCUT2D eigenvalue weighted by Crippen LogP contribution is 2.33. The first-order valence-electron chi connectivity index (χ1n) is 10.0. The monoisotopic (exact) mass is 423 g/mol. The maximum absolute atomic E-state index is 12.6. The summed E-state index contributed by atoms with van der Waals surface area (Å²) in [7, 11) is 0. The molecular weight excluding hydrogens is 398 g/mol. The molecule has 1 fully saturated rings. The first-order valence-corrected chi connectivity index (χ1v) is 11.3. The van der Waals surface area contributed by atoms with Gasteiger partial charge in [-0.25, -0.2) is 0 Å². The minimum absolute atomic E-state index is 0.0725. The Morgan fingerprint density at radius 3 is 2.57 bits per heavy atom. The van der Waals surface area contributed by atoms with Gasteiger partial charge in [0.2, 0.25) is 17.6 Å². The molecule has 1 unspecified atom stereocenters. The van der Waals surface area contributed by atoms with Crippen molar-refractivity contribution in [2.45, 2.75) is 31.1 Å². The van der Waals surface area contributed by atoms with Gasteiger partial charge < -0.3 is 14.2 Å². The van der Waals surface area contributed by atoms with Crippen LogP contribution in [0.25, 0.3) is 11.4 Å². The number of carbonyl (C=O) groups excluding carboxylic acids is 1. The number of ether oxygens (including phenoxy) is 1. The first kappa shape index (κ1) is 20.5. The number of carbonyl (C=O) groups is 1. The molecule has 0 bridgehead atoms. The van der Waals surface area contributed by atoms with E-state index >= 15 is 0 Å². The Morgan fingerprint density at radius 1 is 1.17 bits per heavy atom. The number of amides is 1. The normalized spacial score (nSPS) is 16.5. The highest BCUT2D eigenvalue weighted by molar-refractivity contribution is 7.98. The largest absolute Gasteiger partial charge is 0.493 e. The average Bonchev–Trinajstić information content (AvgIpc) is 3.40. The van der Waals surface area contributed by atoms with Gasteiger partial charge in [-0.3, -0.25) is 4.79 Å². The Labute approximate surface area is 180 Å². The van der Waals surface area contributed by atoms with Crippen LogP contribution in [-0.2, 0) is 4.79 Å². The van der Waals surface area contributed by atoms with Crippen molar-refractivity contribution in [1.82, 2.24) is 10.1 Å². The Morgan fingerprint density at radius 2 is 1.90 bits per heavy atom. The van der Waals surface area contributed by atoms with Gasteiger partial charge >= 0.3 is 0 Å². The van der Waals surface area contributed by atoms with Gasteiger partial charge in [0.05, 0.1) is 12.5 Å². The van der Waals surface area contributed by atoms with Crippen LogP contribution in [0.1, 0.15) is 32.1 Å². The molecule has 2 aromatic carbocycles. The van der Waals surface area contributed by atoms with Crippen molar-refractivity contribution in [2.75, 3.05) is 24.3 Å². The minimum Gasteiger partial charge on any atom is -0.493 e. The summed E-state index contributed by atoms with van der Waals surface area (Å²) in [6.07, 6.45) is 2.40. The molecule has 7 heteroatoms. The lowest BCUT2D eigenvalue weighted by molar-refractivity contribution is -0.117. The van der Waals surface area contributed by atoms with Gasteiger partial charge in [0.1, 0.15) is 5.75 Å². The second-order valence-electron chi connectivity index (χ2n) is 7.79. The number of nitrogens with zero attached hydrogens (tertiary/aromatic N) is 3. The van der Waals surface area contributed by atoms with E-state index in [0.717, 1.165) is 17.0 Å². The van der Waals surface area contributed by atoms with Gasteiger partial charge in [-0.15, -0.1) is 11.8 Å². The molecule has 0 aliphatic carbocycles. The lowest BCUT2D eigenvalue weighted by Gasteiger charge is -2.16. The Hall–Kier alpha value is -2.80. The maximum Gasteiger partial charge on any atom is 0.232 e. The van der Waals surface area contributed by atoms with Gasteiger partial charge in [0.15, 0.2) is 0 Å². The number of aromatic nitrogens is 2. The van der Waals surface area contributed by atoms with Crippen molar-refractivity contribution in [2.24, 2.45) is 5.92 Å². The van der Waals surface area contributed by atoms with E-state index in [1.807, 2.05) is 54.8 Å². The number of rotatable bonds is 7. The average molecular weight is 424 g/mol. The summed E-state index contributed by atoms with van der Waals surface area (Å²) in [5.74, 6) is 2.29. The van der Waals surface area contributed by atoms with Gasteiger partial charge in [-0.05, 0) is 60.7 Å². The maximum atomic E-state index is 12.6. The molecule has 0 spiro atoms. The SMILES string of the molecule is CSc1ccc(N2CC(c3nc(-c4ccc(OCC(C)C)cc4)no3)CC2=O)cc1. The molecular formula is C23H25N3O3S. The summed E-state index contributed by atoms with van der Waals surface area (Å²) in [6, 6.07) is 15.7. The number of thioether (sulfide) groups is 1. The number of anilines is 1. The topological polar surface area (TPSA) is 68.5 Å². The molecule has 4 rings (SSSR count). The van der Waals surface area contributed by atoms with Gasteiger partial charge in [-0.2, -0.15) is 4.98 Å². The third-order valence-corrected chi connectivity index (χ3v) is 5.74. The van der Waals surface area contributed by atoms with Crippen molar-refractivity contribution in [3.8, 4) is 17.1 Å². The predicted molar refractivity (Wildman–Crippen MR) is 118 cm³/mol. The fourth-order valence-electron chi connectivity index (χ4n) is 3.37. The van der Waals surface area contributed by atoms with Crippen LogP contribution in [-0.4, -0.2) is 35.5 Å². The highest BCUT2D eigenvalue weighted by atomic mass is 32.2. The van der Waals surface area contributed by atoms with E-state index in [1.165, 1.54) is 4.90 Å². The van der Waals surface area contributed by atoms with E-state index in [-0.39, 0.29) is 11.8 Å². The Balaban J connectivity index is 1.44. The van der Waals surface area contributed by atoms with Crippen molar-refractivity contribution in [1.29, 1.82) is 0 Å². The predicted octanol–water partition coefficient (Wildman–Crippen LogP) is 5.01. The van der Waals surface area contributed by atoms with Crippen LogP contribution in [0.3, 0.4) is 0 Å². The van der Waals surface area contributed by atoms with Crippen LogP contribution in [0.4, 0.5) is 5.69 Å². The summed E-state index contributed by atoms with van der Waals surface area (Å²) in [5, 5.41) is 4.12. The zero-order chi connectivity index (χ0) is 21.1. The summed E-state index contributed by atoms with van der Waals surface area (Å²) in [5.41, 5.74) is 1.76. The van der Waals surface area contributed by atoms with Crippen LogP contribution in [0.5, 0.6) is 5.75 Å². The van der Waals surface area contributed by atoms with Gasteiger partial charge in [0.25, 0.3) is 0 Å². The second-order valence-corrected chi connectivity index (χ2v) is 8.67. The zero-order valence-corrected chi connectivity index (χ0v) is 18.2. The van der Waals surface area contributed by atoms with Crippen LogP contribution >= 0.6 is 11.8 Å². The van der Waals surface area contributed by atoms with Crippen molar-refractivity contribution < 1.29 is 14.1 Å². The summed E-state index contributed by atoms with van der Waals surface area (Å²) in [4.78, 5) is 20.1. The second kappa shape index (κ2) is 8.92. The van der Waals surface area contributed by atoms with E-state index in [1.54, 1.807) is 16.7 Å².